The first kappa shape index (κ1) is 14.8. The van der Waals surface area contributed by atoms with Crippen LogP contribution in [-0.2, 0) is 0 Å². The molecule has 0 aromatic heterocycles. The molecule has 3 fully saturated rings. The van der Waals surface area contributed by atoms with E-state index in [0.29, 0.717) is 12.0 Å². The molecule has 0 bridgehead atoms. The summed E-state index contributed by atoms with van der Waals surface area (Å²) >= 11 is 0. The molecule has 1 saturated carbocycles. The third kappa shape index (κ3) is 3.05. The summed E-state index contributed by atoms with van der Waals surface area (Å²) in [5.74, 6) is 1.37. The second kappa shape index (κ2) is 6.33. The van der Waals surface area contributed by atoms with Gasteiger partial charge in [0.1, 0.15) is 0 Å². The second-order valence-corrected chi connectivity index (χ2v) is 7.51. The molecule has 20 heavy (non-hydrogen) atoms. The van der Waals surface area contributed by atoms with Gasteiger partial charge in [0.15, 0.2) is 0 Å². The van der Waals surface area contributed by atoms with Gasteiger partial charge < -0.3 is 5.11 Å². The maximum absolute atomic E-state index is 10.3. The lowest BCUT2D eigenvalue weighted by Crippen LogP contribution is -2.56. The van der Waals surface area contributed by atoms with Crippen molar-refractivity contribution in [2.45, 2.75) is 70.6 Å². The van der Waals surface area contributed by atoms with Gasteiger partial charge in [0.05, 0.1) is 6.10 Å². The number of aliphatic hydroxyl groups excluding tert-OH is 1. The molecule has 2 aliphatic heterocycles. The van der Waals surface area contributed by atoms with E-state index in [4.69, 9.17) is 0 Å². The van der Waals surface area contributed by atoms with Crippen molar-refractivity contribution in [3.05, 3.63) is 0 Å². The fraction of sp³-hybridized carbons (Fsp3) is 1.00. The molecule has 5 atom stereocenters. The van der Waals surface area contributed by atoms with E-state index in [1.165, 1.54) is 51.7 Å². The minimum Gasteiger partial charge on any atom is -0.393 e. The quantitative estimate of drug-likeness (QED) is 0.859. The maximum Gasteiger partial charge on any atom is 0.0580 e. The van der Waals surface area contributed by atoms with Crippen LogP contribution >= 0.6 is 0 Å². The number of piperazine rings is 1. The second-order valence-electron chi connectivity index (χ2n) is 7.51. The van der Waals surface area contributed by atoms with Crippen molar-refractivity contribution in [3.63, 3.8) is 0 Å². The number of aliphatic hydroxyl groups is 1. The molecular formula is C17H32N2O. The highest BCUT2D eigenvalue weighted by Crippen LogP contribution is 2.33. The molecule has 3 aliphatic rings. The van der Waals surface area contributed by atoms with Gasteiger partial charge in [-0.3, -0.25) is 9.80 Å². The van der Waals surface area contributed by atoms with Crippen molar-refractivity contribution in [3.8, 4) is 0 Å². The molecule has 2 saturated heterocycles. The van der Waals surface area contributed by atoms with Gasteiger partial charge in [0.2, 0.25) is 0 Å². The van der Waals surface area contributed by atoms with E-state index in [9.17, 15) is 5.11 Å². The van der Waals surface area contributed by atoms with Crippen LogP contribution in [0.1, 0.15) is 52.4 Å². The SMILES string of the molecule is CCC1CCC(O)C(CN2CC3CCCN3CC2C)C1. The topological polar surface area (TPSA) is 26.7 Å². The molecular weight excluding hydrogens is 248 g/mol. The molecule has 0 radical (unpaired) electrons. The molecule has 1 aliphatic carbocycles. The molecule has 3 rings (SSSR count). The first-order chi connectivity index (χ1) is 9.67. The van der Waals surface area contributed by atoms with Crippen molar-refractivity contribution in [2.24, 2.45) is 11.8 Å². The fourth-order valence-electron chi connectivity index (χ4n) is 4.72. The van der Waals surface area contributed by atoms with Crippen molar-refractivity contribution < 1.29 is 5.11 Å². The average molecular weight is 280 g/mol. The molecule has 0 amide bonds. The lowest BCUT2D eigenvalue weighted by Gasteiger charge is -2.45. The lowest BCUT2D eigenvalue weighted by atomic mass is 9.78. The van der Waals surface area contributed by atoms with Gasteiger partial charge in [-0.05, 0) is 57.4 Å². The summed E-state index contributed by atoms with van der Waals surface area (Å²) in [6.07, 6.45) is 7.51. The number of nitrogens with zero attached hydrogens (tertiary/aromatic N) is 2. The van der Waals surface area contributed by atoms with Gasteiger partial charge in [-0.15, -0.1) is 0 Å². The van der Waals surface area contributed by atoms with Crippen molar-refractivity contribution in [1.82, 2.24) is 9.80 Å². The predicted molar refractivity (Wildman–Crippen MR) is 82.8 cm³/mol. The molecule has 2 heterocycles. The lowest BCUT2D eigenvalue weighted by molar-refractivity contribution is -0.00664. The zero-order valence-electron chi connectivity index (χ0n) is 13.3. The normalized spacial score (nSPS) is 43.6. The van der Waals surface area contributed by atoms with Crippen LogP contribution in [0.5, 0.6) is 0 Å². The smallest absolute Gasteiger partial charge is 0.0580 e. The van der Waals surface area contributed by atoms with Crippen LogP contribution in [0.3, 0.4) is 0 Å². The van der Waals surface area contributed by atoms with Gasteiger partial charge >= 0.3 is 0 Å². The highest BCUT2D eigenvalue weighted by molar-refractivity contribution is 4.92. The van der Waals surface area contributed by atoms with Gasteiger partial charge in [-0.25, -0.2) is 0 Å². The van der Waals surface area contributed by atoms with Crippen LogP contribution in [0, 0.1) is 11.8 Å². The maximum atomic E-state index is 10.3. The molecule has 3 heteroatoms. The molecule has 0 aromatic rings. The number of fused-ring (bicyclic) bond motifs is 1. The van der Waals surface area contributed by atoms with Crippen LogP contribution in [0.4, 0.5) is 0 Å². The average Bonchev–Trinajstić information content (AvgIpc) is 2.88. The Morgan fingerprint density at radius 3 is 2.80 bits per heavy atom. The van der Waals surface area contributed by atoms with E-state index < -0.39 is 0 Å². The van der Waals surface area contributed by atoms with Crippen LogP contribution < -0.4 is 0 Å². The zero-order valence-corrected chi connectivity index (χ0v) is 13.3. The first-order valence-electron chi connectivity index (χ1n) is 8.83. The Bertz CT molecular complexity index is 322. The van der Waals surface area contributed by atoms with Crippen LogP contribution in [0.15, 0.2) is 0 Å². The third-order valence-corrected chi connectivity index (χ3v) is 6.16. The van der Waals surface area contributed by atoms with Crippen LogP contribution in [-0.4, -0.2) is 59.3 Å². The van der Waals surface area contributed by atoms with E-state index in [2.05, 4.69) is 23.6 Å². The van der Waals surface area contributed by atoms with Crippen molar-refractivity contribution in [2.75, 3.05) is 26.2 Å². The number of hydrogen-bond acceptors (Lipinski definition) is 3. The molecule has 5 unspecified atom stereocenters. The van der Waals surface area contributed by atoms with Crippen LogP contribution in [0.25, 0.3) is 0 Å². The van der Waals surface area contributed by atoms with E-state index in [1.807, 2.05) is 0 Å². The molecule has 3 nitrogen and oxygen atoms in total. The summed E-state index contributed by atoms with van der Waals surface area (Å²) in [6, 6.07) is 1.47. The first-order valence-corrected chi connectivity index (χ1v) is 8.83. The summed E-state index contributed by atoms with van der Waals surface area (Å²) < 4.78 is 0. The summed E-state index contributed by atoms with van der Waals surface area (Å²) in [6.45, 7) is 9.60. The van der Waals surface area contributed by atoms with Gasteiger partial charge in [-0.1, -0.05) is 13.3 Å². The van der Waals surface area contributed by atoms with Gasteiger partial charge in [0, 0.05) is 31.7 Å². The number of hydrogen-bond donors (Lipinski definition) is 1. The number of rotatable bonds is 3. The van der Waals surface area contributed by atoms with Crippen molar-refractivity contribution >= 4 is 0 Å². The summed E-state index contributed by atoms with van der Waals surface area (Å²) in [5, 5.41) is 10.3. The molecule has 0 spiro atoms. The van der Waals surface area contributed by atoms with Gasteiger partial charge in [0.25, 0.3) is 0 Å². The van der Waals surface area contributed by atoms with E-state index in [-0.39, 0.29) is 6.10 Å². The van der Waals surface area contributed by atoms with Crippen LogP contribution in [0.2, 0.25) is 0 Å². The largest absolute Gasteiger partial charge is 0.393 e. The Labute approximate surface area is 124 Å². The van der Waals surface area contributed by atoms with E-state index in [0.717, 1.165) is 24.9 Å². The Kier molecular flexibility index (Phi) is 4.68. The third-order valence-electron chi connectivity index (χ3n) is 6.16. The Morgan fingerprint density at radius 2 is 2.00 bits per heavy atom. The molecule has 0 aromatic carbocycles. The summed E-state index contributed by atoms with van der Waals surface area (Å²) in [7, 11) is 0. The summed E-state index contributed by atoms with van der Waals surface area (Å²) in [5.41, 5.74) is 0. The Morgan fingerprint density at radius 1 is 1.15 bits per heavy atom. The fourth-order valence-corrected chi connectivity index (χ4v) is 4.72. The minimum absolute atomic E-state index is 0.0494. The highest BCUT2D eigenvalue weighted by Gasteiger charge is 2.37. The molecule has 116 valence electrons. The zero-order chi connectivity index (χ0) is 14.1. The monoisotopic (exact) mass is 280 g/mol. The highest BCUT2D eigenvalue weighted by atomic mass is 16.3. The molecule has 1 N–H and O–H groups in total. The van der Waals surface area contributed by atoms with Crippen molar-refractivity contribution in [1.29, 1.82) is 0 Å². The summed E-state index contributed by atoms with van der Waals surface area (Å²) in [4.78, 5) is 5.37. The Balaban J connectivity index is 1.58. The predicted octanol–water partition coefficient (Wildman–Crippen LogP) is 2.34. The standard InChI is InChI=1S/C17H32N2O/c1-3-14-6-7-17(20)15(9-14)11-19-12-16-5-4-8-18(16)10-13(19)2/h13-17,20H,3-12H2,1-2H3. The van der Waals surface area contributed by atoms with Gasteiger partial charge in [-0.2, -0.15) is 0 Å². The van der Waals surface area contributed by atoms with E-state index >= 15 is 0 Å². The Hall–Kier alpha value is -0.120. The minimum atomic E-state index is -0.0494. The van der Waals surface area contributed by atoms with E-state index in [1.54, 1.807) is 0 Å².